The molecule has 0 aromatic carbocycles. The van der Waals surface area contributed by atoms with Crippen molar-refractivity contribution in [1.29, 1.82) is 0 Å². The van der Waals surface area contributed by atoms with Crippen molar-refractivity contribution in [3.8, 4) is 0 Å². The second kappa shape index (κ2) is 13.1. The van der Waals surface area contributed by atoms with E-state index in [1.54, 1.807) is 12.2 Å². The number of nitrogens with zero attached hydrogens (tertiary/aromatic N) is 1. The fourth-order valence-electron chi connectivity index (χ4n) is 2.07. The Morgan fingerprint density at radius 2 is 1.42 bits per heavy atom. The molecule has 0 fully saturated rings. The Kier molecular flexibility index (Phi) is 10.5. The molecule has 0 spiro atoms. The molecule has 0 aliphatic rings. The second-order valence-electron chi connectivity index (χ2n) is 5.34. The van der Waals surface area contributed by atoms with E-state index in [0.29, 0.717) is 0 Å². The van der Waals surface area contributed by atoms with Crippen LogP contribution in [0.3, 0.4) is 0 Å². The zero-order valence-electron chi connectivity index (χ0n) is 15.7. The molecule has 1 nitrogen and oxygen atoms in total. The van der Waals surface area contributed by atoms with E-state index in [2.05, 4.69) is 36.4 Å². The Bertz CT molecular complexity index is 766. The van der Waals surface area contributed by atoms with E-state index in [4.69, 9.17) is 0 Å². The van der Waals surface area contributed by atoms with Crippen LogP contribution in [0.15, 0.2) is 115 Å². The van der Waals surface area contributed by atoms with Gasteiger partial charge in [-0.05, 0) is 49.3 Å². The van der Waals surface area contributed by atoms with Gasteiger partial charge in [0.2, 0.25) is 0 Å². The van der Waals surface area contributed by atoms with E-state index in [0.717, 1.165) is 22.5 Å². The molecule has 1 heteroatoms. The van der Waals surface area contributed by atoms with E-state index >= 15 is 0 Å². The maximum absolute atomic E-state index is 4.66. The van der Waals surface area contributed by atoms with Crippen molar-refractivity contribution >= 4 is 12.2 Å². The molecule has 0 unspecified atom stereocenters. The zero-order valence-corrected chi connectivity index (χ0v) is 15.7. The molecule has 0 bridgehead atoms. The van der Waals surface area contributed by atoms with Crippen molar-refractivity contribution in [2.75, 3.05) is 0 Å². The van der Waals surface area contributed by atoms with Crippen molar-refractivity contribution in [3.05, 3.63) is 127 Å². The Morgan fingerprint density at radius 3 is 1.96 bits per heavy atom. The lowest BCUT2D eigenvalue weighted by molar-refractivity contribution is 1.26. The van der Waals surface area contributed by atoms with E-state index in [9.17, 15) is 0 Å². The van der Waals surface area contributed by atoms with Gasteiger partial charge < -0.3 is 0 Å². The SMILES string of the molecule is C=C\C=C/C(/C=C/c1cccc(/C=C/C(/C=C\C)=C/C=C\C)n1)=C\C=C. The van der Waals surface area contributed by atoms with Gasteiger partial charge >= 0.3 is 0 Å². The van der Waals surface area contributed by atoms with Crippen molar-refractivity contribution in [2.45, 2.75) is 13.8 Å². The molecule has 0 aliphatic carbocycles. The van der Waals surface area contributed by atoms with Crippen molar-refractivity contribution < 1.29 is 0 Å². The Balaban J connectivity index is 3.00. The van der Waals surface area contributed by atoms with Gasteiger partial charge in [-0.15, -0.1) is 0 Å². The summed E-state index contributed by atoms with van der Waals surface area (Å²) in [5, 5.41) is 0. The number of rotatable bonds is 9. The van der Waals surface area contributed by atoms with Gasteiger partial charge in [-0.1, -0.05) is 92.1 Å². The molecular formula is C25H27N. The van der Waals surface area contributed by atoms with Crippen molar-refractivity contribution in [3.63, 3.8) is 0 Å². The van der Waals surface area contributed by atoms with Gasteiger partial charge in [-0.3, -0.25) is 0 Å². The third-order valence-corrected chi connectivity index (χ3v) is 3.26. The fourth-order valence-corrected chi connectivity index (χ4v) is 2.07. The van der Waals surface area contributed by atoms with Crippen molar-refractivity contribution in [2.24, 2.45) is 0 Å². The minimum Gasteiger partial charge on any atom is -0.249 e. The molecule has 1 heterocycles. The van der Waals surface area contributed by atoms with Crippen LogP contribution in [0.5, 0.6) is 0 Å². The van der Waals surface area contributed by atoms with Crippen LogP contribution in [0.1, 0.15) is 25.2 Å². The number of hydrogen-bond donors (Lipinski definition) is 0. The quantitative estimate of drug-likeness (QED) is 0.439. The minimum absolute atomic E-state index is 0.902. The Morgan fingerprint density at radius 1 is 0.769 bits per heavy atom. The fraction of sp³-hybridized carbons (Fsp3) is 0.0800. The highest BCUT2D eigenvalue weighted by Gasteiger charge is 1.93. The monoisotopic (exact) mass is 341 g/mol. The van der Waals surface area contributed by atoms with Gasteiger partial charge in [0.25, 0.3) is 0 Å². The van der Waals surface area contributed by atoms with Crippen LogP contribution in [0.4, 0.5) is 0 Å². The highest BCUT2D eigenvalue weighted by atomic mass is 14.7. The third-order valence-electron chi connectivity index (χ3n) is 3.26. The summed E-state index contributed by atoms with van der Waals surface area (Å²) in [5.41, 5.74) is 3.98. The summed E-state index contributed by atoms with van der Waals surface area (Å²) in [6.45, 7) is 11.5. The molecule has 1 aromatic rings. The first-order chi connectivity index (χ1) is 12.7. The Labute approximate surface area is 158 Å². The average Bonchev–Trinajstić information content (AvgIpc) is 2.66. The van der Waals surface area contributed by atoms with E-state index in [-0.39, 0.29) is 0 Å². The topological polar surface area (TPSA) is 12.9 Å². The number of allylic oxidation sites excluding steroid dienone is 14. The number of aromatic nitrogens is 1. The van der Waals surface area contributed by atoms with Crippen LogP contribution in [0, 0.1) is 0 Å². The molecule has 0 aliphatic heterocycles. The van der Waals surface area contributed by atoms with Gasteiger partial charge in [0.15, 0.2) is 0 Å². The second-order valence-corrected chi connectivity index (χ2v) is 5.34. The summed E-state index contributed by atoms with van der Waals surface area (Å²) >= 11 is 0. The van der Waals surface area contributed by atoms with Crippen LogP contribution in [0.2, 0.25) is 0 Å². The predicted octanol–water partition coefficient (Wildman–Crippen LogP) is 7.04. The maximum Gasteiger partial charge on any atom is 0.0637 e. The lowest BCUT2D eigenvalue weighted by atomic mass is 10.1. The molecule has 0 saturated carbocycles. The number of pyridine rings is 1. The molecule has 0 saturated heterocycles. The van der Waals surface area contributed by atoms with Crippen molar-refractivity contribution in [1.82, 2.24) is 4.98 Å². The van der Waals surface area contributed by atoms with Crippen LogP contribution in [0.25, 0.3) is 12.2 Å². The first-order valence-corrected chi connectivity index (χ1v) is 8.64. The minimum atomic E-state index is 0.902. The smallest absolute Gasteiger partial charge is 0.0637 e. The highest BCUT2D eigenvalue weighted by Crippen LogP contribution is 2.09. The first-order valence-electron chi connectivity index (χ1n) is 8.64. The largest absolute Gasteiger partial charge is 0.249 e. The highest BCUT2D eigenvalue weighted by molar-refractivity contribution is 5.57. The first kappa shape index (κ1) is 20.9. The maximum atomic E-state index is 4.66. The summed E-state index contributed by atoms with van der Waals surface area (Å²) in [7, 11) is 0. The summed E-state index contributed by atoms with van der Waals surface area (Å²) < 4.78 is 0. The molecule has 0 atom stereocenters. The normalized spacial score (nSPS) is 13.8. The van der Waals surface area contributed by atoms with Gasteiger partial charge in [0, 0.05) is 0 Å². The standard InChI is InChI=1S/C25H27N/c1-5-9-14-22(12-7-3)18-20-24-16-11-17-25(26-24)21-19-23(13-8-4)15-10-6-2/h5-21H,1,3H2,2,4H3/b10-6-,13-8-,14-9-,20-18+,21-19+,22-12+,23-15+. The van der Waals surface area contributed by atoms with Gasteiger partial charge in [-0.25, -0.2) is 4.98 Å². The molecule has 1 rings (SSSR count). The zero-order chi connectivity index (χ0) is 19.0. The number of hydrogen-bond acceptors (Lipinski definition) is 1. The lowest BCUT2D eigenvalue weighted by Gasteiger charge is -1.98. The van der Waals surface area contributed by atoms with E-state index in [1.165, 1.54) is 0 Å². The van der Waals surface area contributed by atoms with E-state index < -0.39 is 0 Å². The van der Waals surface area contributed by atoms with Gasteiger partial charge in [-0.2, -0.15) is 0 Å². The summed E-state index contributed by atoms with van der Waals surface area (Å²) in [4.78, 5) is 4.66. The summed E-state index contributed by atoms with van der Waals surface area (Å²) in [5.74, 6) is 0. The molecular weight excluding hydrogens is 314 g/mol. The van der Waals surface area contributed by atoms with Gasteiger partial charge in [0.1, 0.15) is 0 Å². The van der Waals surface area contributed by atoms with Crippen LogP contribution in [-0.2, 0) is 0 Å². The molecule has 132 valence electrons. The average molecular weight is 341 g/mol. The molecule has 0 amide bonds. The van der Waals surface area contributed by atoms with E-state index in [1.807, 2.05) is 86.7 Å². The molecule has 0 N–H and O–H groups in total. The lowest BCUT2D eigenvalue weighted by Crippen LogP contribution is -1.85. The van der Waals surface area contributed by atoms with Crippen LogP contribution in [-0.4, -0.2) is 4.98 Å². The Hall–Kier alpha value is -3.19. The third kappa shape index (κ3) is 8.60. The summed E-state index contributed by atoms with van der Waals surface area (Å²) in [6, 6.07) is 5.99. The molecule has 1 aromatic heterocycles. The van der Waals surface area contributed by atoms with Crippen LogP contribution >= 0.6 is 0 Å². The molecule has 26 heavy (non-hydrogen) atoms. The van der Waals surface area contributed by atoms with Crippen LogP contribution < -0.4 is 0 Å². The van der Waals surface area contributed by atoms with Gasteiger partial charge in [0.05, 0.1) is 11.4 Å². The summed E-state index contributed by atoms with van der Waals surface area (Å²) in [6.07, 6.45) is 27.6. The predicted molar refractivity (Wildman–Crippen MR) is 118 cm³/mol. The molecule has 0 radical (unpaired) electrons.